The van der Waals surface area contributed by atoms with Gasteiger partial charge in [-0.05, 0) is 85.9 Å². The van der Waals surface area contributed by atoms with E-state index in [1.165, 1.54) is 54.1 Å². The molecule has 3 atom stereocenters. The molecule has 3 heterocycles. The summed E-state index contributed by atoms with van der Waals surface area (Å²) in [5.74, 6) is -4.29. The van der Waals surface area contributed by atoms with E-state index in [4.69, 9.17) is 17.3 Å². The van der Waals surface area contributed by atoms with E-state index in [0.29, 0.717) is 47.6 Å². The molecule has 2 bridgehead atoms. The highest BCUT2D eigenvalue weighted by Crippen LogP contribution is 2.40. The van der Waals surface area contributed by atoms with Gasteiger partial charge in [0.2, 0.25) is 15.9 Å². The van der Waals surface area contributed by atoms with Crippen LogP contribution in [0.5, 0.6) is 0 Å². The second-order valence-electron chi connectivity index (χ2n) is 13.3. The molecule has 3 aromatic carbocycles. The average molecular weight is 682 g/mol. The van der Waals surface area contributed by atoms with Crippen molar-refractivity contribution in [2.45, 2.75) is 92.9 Å². The van der Waals surface area contributed by atoms with E-state index in [-0.39, 0.29) is 23.0 Å². The largest absolute Gasteiger partial charge is 0.335 e. The lowest BCUT2D eigenvalue weighted by Crippen LogP contribution is -2.60. The third-order valence-corrected chi connectivity index (χ3v) is 11.9. The van der Waals surface area contributed by atoms with Crippen LogP contribution in [-0.2, 0) is 27.3 Å². The predicted octanol–water partition coefficient (Wildman–Crippen LogP) is 6.47. The van der Waals surface area contributed by atoms with Gasteiger partial charge in [0.1, 0.15) is 0 Å². The van der Waals surface area contributed by atoms with Crippen LogP contribution in [0, 0.1) is 5.92 Å². The van der Waals surface area contributed by atoms with Gasteiger partial charge in [-0.2, -0.15) is 18.6 Å². The molecule has 0 spiro atoms. The molecule has 1 aliphatic carbocycles. The molecule has 2 unspecified atom stereocenters. The zero-order valence-corrected chi connectivity index (χ0v) is 27.4. The van der Waals surface area contributed by atoms with Gasteiger partial charge in [-0.25, -0.2) is 8.42 Å². The second kappa shape index (κ2) is 12.6. The number of halogens is 3. The molecule has 248 valence electrons. The minimum atomic E-state index is -4.57. The lowest BCUT2D eigenvalue weighted by Gasteiger charge is -2.41. The van der Waals surface area contributed by atoms with Crippen LogP contribution in [0.2, 0.25) is 5.02 Å². The molecule has 0 radical (unpaired) electrons. The summed E-state index contributed by atoms with van der Waals surface area (Å²) in [6.45, 7) is 0.745. The summed E-state index contributed by atoms with van der Waals surface area (Å²) in [6.07, 6.45) is 8.53. The van der Waals surface area contributed by atoms with E-state index in [2.05, 4.69) is 9.82 Å². The molecule has 8 nitrogen and oxygen atoms in total. The summed E-state index contributed by atoms with van der Waals surface area (Å²) in [5, 5.41) is 5.61. The number of nitrogens with one attached hydrogen (secondary N) is 1. The number of nitrogens with two attached hydrogens (primary N) is 1. The van der Waals surface area contributed by atoms with E-state index < -0.39 is 33.5 Å². The Bertz CT molecular complexity index is 1860. The maximum absolute atomic E-state index is 16.6. The van der Waals surface area contributed by atoms with Crippen molar-refractivity contribution < 1.29 is 22.0 Å². The Balaban J connectivity index is 1.21. The maximum Gasteiger partial charge on any atom is 0.298 e. The molecular weight excluding hydrogens is 644 g/mol. The number of fused-ring (bicyclic) bond motifs is 3. The topological polar surface area (TPSA) is 110 Å². The molecule has 3 fully saturated rings. The first-order valence-electron chi connectivity index (χ1n) is 16.3. The van der Waals surface area contributed by atoms with E-state index >= 15 is 8.78 Å². The molecule has 2 saturated heterocycles. The number of benzene rings is 3. The number of carbonyl (C=O) groups is 1. The molecule has 1 aromatic heterocycles. The molecule has 1 saturated carbocycles. The minimum Gasteiger partial charge on any atom is -0.335 e. The minimum absolute atomic E-state index is 0.131. The number of rotatable bonds is 9. The molecule has 1 amide bonds. The number of hydrogen-bond acceptors (Lipinski definition) is 5. The first-order valence-corrected chi connectivity index (χ1v) is 18.2. The Morgan fingerprint density at radius 1 is 0.957 bits per heavy atom. The van der Waals surface area contributed by atoms with Crippen molar-refractivity contribution in [1.29, 1.82) is 0 Å². The highest BCUT2D eigenvalue weighted by molar-refractivity contribution is 7.89. The fourth-order valence-electron chi connectivity index (χ4n) is 7.74. The monoisotopic (exact) mass is 681 g/mol. The van der Waals surface area contributed by atoms with Crippen LogP contribution in [0.1, 0.15) is 56.9 Å². The van der Waals surface area contributed by atoms with Crippen molar-refractivity contribution in [3.63, 3.8) is 0 Å². The van der Waals surface area contributed by atoms with Crippen LogP contribution < -0.4 is 10.5 Å². The first-order chi connectivity index (χ1) is 22.5. The van der Waals surface area contributed by atoms with E-state index in [9.17, 15) is 13.2 Å². The van der Waals surface area contributed by atoms with Crippen molar-refractivity contribution in [3.05, 3.63) is 83.5 Å². The number of aromatic nitrogens is 2. The third kappa shape index (κ3) is 6.30. The molecule has 47 heavy (non-hydrogen) atoms. The Kier molecular flexibility index (Phi) is 8.61. The highest BCUT2D eigenvalue weighted by Gasteiger charge is 2.53. The summed E-state index contributed by atoms with van der Waals surface area (Å²) in [6, 6.07) is 13.9. The van der Waals surface area contributed by atoms with Crippen molar-refractivity contribution in [2.75, 3.05) is 0 Å². The fraction of sp³-hybridized carbons (Fsp3) is 0.429. The van der Waals surface area contributed by atoms with Gasteiger partial charge >= 0.3 is 0 Å². The molecule has 3 aliphatic rings. The molecular formula is C35H38ClF2N5O3S. The van der Waals surface area contributed by atoms with Crippen molar-refractivity contribution >= 4 is 38.4 Å². The summed E-state index contributed by atoms with van der Waals surface area (Å²) in [4.78, 5) is 15.4. The second-order valence-corrected chi connectivity index (χ2v) is 15.5. The summed E-state index contributed by atoms with van der Waals surface area (Å²) >= 11 is 6.00. The third-order valence-electron chi connectivity index (χ3n) is 10.2. The molecule has 2 aliphatic heterocycles. The predicted molar refractivity (Wildman–Crippen MR) is 177 cm³/mol. The quantitative estimate of drug-likeness (QED) is 0.211. The zero-order valence-electron chi connectivity index (χ0n) is 25.9. The van der Waals surface area contributed by atoms with E-state index in [0.717, 1.165) is 30.5 Å². The molecule has 12 heteroatoms. The number of sulfonamides is 1. The van der Waals surface area contributed by atoms with Crippen LogP contribution >= 0.6 is 11.6 Å². The van der Waals surface area contributed by atoms with Crippen molar-refractivity contribution in [1.82, 2.24) is 19.4 Å². The standard InChI is InChI=1S/C35H38ClF2N5O3S/c36-27-11-7-24(8-12-27)23-5-9-26(10-6-23)35(37,38)33(34(44)43-29-13-14-30(43)19-28(39)18-29)41-47(45,46)31-15-16-32-25(17-31)20-40-42(32)21-22-3-1-2-4-22/h5-12,15-17,20,22,28-30,33,41H,1-4,13-14,18-19,21,39H2/t28?,29?,30?,33-/m1/s1. The van der Waals surface area contributed by atoms with Crippen LogP contribution in [0.15, 0.2) is 77.8 Å². The zero-order chi connectivity index (χ0) is 32.9. The Labute approximate surface area is 278 Å². The van der Waals surface area contributed by atoms with Gasteiger partial charge in [-0.1, -0.05) is 60.8 Å². The summed E-state index contributed by atoms with van der Waals surface area (Å²) < 4.78 is 65.0. The SMILES string of the molecule is NC1CC2CCC(C1)N2C(=O)[C@@H](NS(=O)(=O)c1ccc2c(cnn2CC2CCCC2)c1)C(F)(F)c1ccc(-c2ccc(Cl)cc2)cc1. The maximum atomic E-state index is 16.6. The average Bonchev–Trinajstić information content (AvgIpc) is 3.78. The number of carbonyl (C=O) groups excluding carboxylic acids is 1. The number of alkyl halides is 2. The summed E-state index contributed by atoms with van der Waals surface area (Å²) in [7, 11) is -4.57. The van der Waals surface area contributed by atoms with Gasteiger partial charge in [0.05, 0.1) is 16.6 Å². The number of piperidine rings is 1. The van der Waals surface area contributed by atoms with Crippen LogP contribution in [0.4, 0.5) is 8.78 Å². The number of nitrogens with zero attached hydrogens (tertiary/aromatic N) is 3. The lowest BCUT2D eigenvalue weighted by atomic mass is 9.94. The highest BCUT2D eigenvalue weighted by atomic mass is 35.5. The Morgan fingerprint density at radius 2 is 1.57 bits per heavy atom. The van der Waals surface area contributed by atoms with Gasteiger partial charge in [-0.3, -0.25) is 9.48 Å². The molecule has 4 aromatic rings. The normalized spacial score (nSPS) is 22.6. The van der Waals surface area contributed by atoms with Crippen molar-refractivity contribution in [3.8, 4) is 11.1 Å². The fourth-order valence-corrected chi connectivity index (χ4v) is 9.09. The van der Waals surface area contributed by atoms with Crippen LogP contribution in [0.25, 0.3) is 22.0 Å². The molecule has 3 N–H and O–H groups in total. The summed E-state index contributed by atoms with van der Waals surface area (Å²) in [5.41, 5.74) is 7.96. The van der Waals surface area contributed by atoms with Gasteiger partial charge < -0.3 is 10.6 Å². The van der Waals surface area contributed by atoms with Gasteiger partial charge in [0, 0.05) is 40.6 Å². The van der Waals surface area contributed by atoms with Gasteiger partial charge in [0.15, 0.2) is 6.04 Å². The van der Waals surface area contributed by atoms with E-state index in [1.807, 2.05) is 4.68 Å². The Morgan fingerprint density at radius 3 is 2.21 bits per heavy atom. The molecule has 7 rings (SSSR count). The van der Waals surface area contributed by atoms with Gasteiger partial charge in [-0.15, -0.1) is 0 Å². The Hall–Kier alpha value is -3.38. The van der Waals surface area contributed by atoms with E-state index in [1.54, 1.807) is 36.5 Å². The van der Waals surface area contributed by atoms with Crippen molar-refractivity contribution in [2.24, 2.45) is 11.7 Å². The van der Waals surface area contributed by atoms with Crippen LogP contribution in [0.3, 0.4) is 0 Å². The van der Waals surface area contributed by atoms with Crippen LogP contribution in [-0.4, -0.2) is 53.2 Å². The first kappa shape index (κ1) is 32.2. The number of hydrogen-bond donors (Lipinski definition) is 2. The lowest BCUT2D eigenvalue weighted by molar-refractivity contribution is -0.149. The smallest absolute Gasteiger partial charge is 0.298 e. The number of amides is 1. The van der Waals surface area contributed by atoms with Gasteiger partial charge in [0.25, 0.3) is 5.92 Å².